The molecule has 1 rings (SSSR count). The Labute approximate surface area is 98.0 Å². The molecule has 1 unspecified atom stereocenters. The highest BCUT2D eigenvalue weighted by Gasteiger charge is 2.21. The lowest BCUT2D eigenvalue weighted by molar-refractivity contribution is -0.139. The smallest absolute Gasteiger partial charge is 0.322 e. The molecule has 0 spiro atoms. The number of hydrogen-bond donors (Lipinski definition) is 2. The zero-order valence-corrected chi connectivity index (χ0v) is 10.4. The molecule has 0 aromatic carbocycles. The van der Waals surface area contributed by atoms with Crippen LogP contribution in [0.25, 0.3) is 0 Å². The topological polar surface area (TPSA) is 52.6 Å². The van der Waals surface area contributed by atoms with Gasteiger partial charge in [-0.1, -0.05) is 19.8 Å². The molecule has 4 nitrogen and oxygen atoms in total. The molecular formula is C12H24N2O2. The SMILES string of the molecule is CCNC(CN(C)CC1CCCC1)C(=O)O. The van der Waals surface area contributed by atoms with Crippen molar-refractivity contribution in [2.24, 2.45) is 5.92 Å². The van der Waals surface area contributed by atoms with E-state index in [9.17, 15) is 4.79 Å². The molecule has 0 radical (unpaired) electrons. The van der Waals surface area contributed by atoms with E-state index in [0.29, 0.717) is 13.1 Å². The van der Waals surface area contributed by atoms with Crippen molar-refractivity contribution < 1.29 is 9.90 Å². The van der Waals surface area contributed by atoms with Crippen LogP contribution in [0.3, 0.4) is 0 Å². The van der Waals surface area contributed by atoms with Gasteiger partial charge in [0.25, 0.3) is 0 Å². The Morgan fingerprint density at radius 3 is 2.62 bits per heavy atom. The summed E-state index contributed by atoms with van der Waals surface area (Å²) in [7, 11) is 2.02. The lowest BCUT2D eigenvalue weighted by Gasteiger charge is -2.24. The molecule has 1 aliphatic rings. The molecule has 1 fully saturated rings. The number of likely N-dealkylation sites (N-methyl/N-ethyl adjacent to an activating group) is 2. The molecule has 1 saturated carbocycles. The summed E-state index contributed by atoms with van der Waals surface area (Å²) in [5, 5.41) is 12.0. The minimum absolute atomic E-state index is 0.434. The van der Waals surface area contributed by atoms with E-state index in [1.807, 2.05) is 14.0 Å². The number of carboxylic acid groups (broad SMARTS) is 1. The van der Waals surface area contributed by atoms with E-state index in [0.717, 1.165) is 12.5 Å². The van der Waals surface area contributed by atoms with Gasteiger partial charge in [0.15, 0.2) is 0 Å². The van der Waals surface area contributed by atoms with Gasteiger partial charge < -0.3 is 15.3 Å². The zero-order valence-electron chi connectivity index (χ0n) is 10.4. The van der Waals surface area contributed by atoms with Crippen LogP contribution in [0.4, 0.5) is 0 Å². The third-order valence-corrected chi connectivity index (χ3v) is 3.29. The van der Waals surface area contributed by atoms with Crippen molar-refractivity contribution in [3.8, 4) is 0 Å². The van der Waals surface area contributed by atoms with Gasteiger partial charge in [-0.3, -0.25) is 4.79 Å². The molecule has 0 saturated heterocycles. The predicted molar refractivity (Wildman–Crippen MR) is 64.6 cm³/mol. The molecule has 16 heavy (non-hydrogen) atoms. The Balaban J connectivity index is 2.29. The van der Waals surface area contributed by atoms with Crippen molar-refractivity contribution in [1.29, 1.82) is 0 Å². The van der Waals surface area contributed by atoms with Crippen LogP contribution in [-0.2, 0) is 4.79 Å². The maximum absolute atomic E-state index is 11.0. The highest BCUT2D eigenvalue weighted by Crippen LogP contribution is 2.25. The Morgan fingerprint density at radius 1 is 1.50 bits per heavy atom. The van der Waals surface area contributed by atoms with Crippen LogP contribution in [0.2, 0.25) is 0 Å². The maximum atomic E-state index is 11.0. The normalized spacial score (nSPS) is 19.2. The number of carbonyl (C=O) groups is 1. The molecule has 2 N–H and O–H groups in total. The van der Waals surface area contributed by atoms with Crippen LogP contribution in [0, 0.1) is 5.92 Å². The maximum Gasteiger partial charge on any atom is 0.322 e. The number of carboxylic acids is 1. The summed E-state index contributed by atoms with van der Waals surface area (Å²) in [6.07, 6.45) is 5.30. The van der Waals surface area contributed by atoms with E-state index in [1.54, 1.807) is 0 Å². The van der Waals surface area contributed by atoms with Crippen LogP contribution in [0.5, 0.6) is 0 Å². The highest BCUT2D eigenvalue weighted by molar-refractivity contribution is 5.73. The quantitative estimate of drug-likeness (QED) is 0.687. The van der Waals surface area contributed by atoms with Crippen LogP contribution in [0.15, 0.2) is 0 Å². The summed E-state index contributed by atoms with van der Waals surface area (Å²) in [6, 6.07) is -0.434. The van der Waals surface area contributed by atoms with Crippen molar-refractivity contribution in [2.75, 3.05) is 26.7 Å². The van der Waals surface area contributed by atoms with Gasteiger partial charge in [0.05, 0.1) is 0 Å². The van der Waals surface area contributed by atoms with Gasteiger partial charge in [0, 0.05) is 13.1 Å². The summed E-state index contributed by atoms with van der Waals surface area (Å²) in [5.41, 5.74) is 0. The minimum atomic E-state index is -0.750. The number of nitrogens with one attached hydrogen (secondary N) is 1. The minimum Gasteiger partial charge on any atom is -0.480 e. The summed E-state index contributed by atoms with van der Waals surface area (Å²) >= 11 is 0. The van der Waals surface area contributed by atoms with Crippen molar-refractivity contribution >= 4 is 5.97 Å². The van der Waals surface area contributed by atoms with Crippen LogP contribution < -0.4 is 5.32 Å². The second kappa shape index (κ2) is 6.86. The Morgan fingerprint density at radius 2 is 2.12 bits per heavy atom. The van der Waals surface area contributed by atoms with Gasteiger partial charge >= 0.3 is 5.97 Å². The van der Waals surface area contributed by atoms with Gasteiger partial charge in [0.1, 0.15) is 6.04 Å². The predicted octanol–water partition coefficient (Wildman–Crippen LogP) is 1.17. The molecule has 0 heterocycles. The molecule has 4 heteroatoms. The molecule has 0 amide bonds. The fourth-order valence-electron chi connectivity index (χ4n) is 2.50. The van der Waals surface area contributed by atoms with Crippen molar-refractivity contribution in [3.63, 3.8) is 0 Å². The van der Waals surface area contributed by atoms with E-state index in [2.05, 4.69) is 10.2 Å². The molecule has 0 aliphatic heterocycles. The van der Waals surface area contributed by atoms with Gasteiger partial charge in [-0.15, -0.1) is 0 Å². The molecule has 1 atom stereocenters. The first-order chi connectivity index (χ1) is 7.63. The molecular weight excluding hydrogens is 204 g/mol. The van der Waals surface area contributed by atoms with Crippen LogP contribution >= 0.6 is 0 Å². The summed E-state index contributed by atoms with van der Waals surface area (Å²) in [5.74, 6) is 0.0289. The second-order valence-electron chi connectivity index (χ2n) is 4.82. The van der Waals surface area contributed by atoms with Crippen molar-refractivity contribution in [2.45, 2.75) is 38.6 Å². The summed E-state index contributed by atoms with van der Waals surface area (Å²) in [6.45, 7) is 4.27. The standard InChI is InChI=1S/C12H24N2O2/c1-3-13-11(12(15)16)9-14(2)8-10-6-4-5-7-10/h10-11,13H,3-9H2,1-2H3,(H,15,16). The van der Waals surface area contributed by atoms with Gasteiger partial charge in [-0.05, 0) is 32.4 Å². The van der Waals surface area contributed by atoms with Crippen LogP contribution in [-0.4, -0.2) is 48.7 Å². The largest absolute Gasteiger partial charge is 0.480 e. The number of aliphatic carboxylic acids is 1. The third-order valence-electron chi connectivity index (χ3n) is 3.29. The average Bonchev–Trinajstić information content (AvgIpc) is 2.69. The third kappa shape index (κ3) is 4.49. The monoisotopic (exact) mass is 228 g/mol. The Bertz CT molecular complexity index is 215. The van der Waals surface area contributed by atoms with E-state index in [4.69, 9.17) is 5.11 Å². The van der Waals surface area contributed by atoms with E-state index >= 15 is 0 Å². The fraction of sp³-hybridized carbons (Fsp3) is 0.917. The van der Waals surface area contributed by atoms with Gasteiger partial charge in [-0.2, -0.15) is 0 Å². The first-order valence-electron chi connectivity index (χ1n) is 6.28. The van der Waals surface area contributed by atoms with E-state index < -0.39 is 12.0 Å². The zero-order chi connectivity index (χ0) is 12.0. The number of rotatable bonds is 7. The van der Waals surface area contributed by atoms with Gasteiger partial charge in [0.2, 0.25) is 0 Å². The summed E-state index contributed by atoms with van der Waals surface area (Å²) in [4.78, 5) is 13.1. The first kappa shape index (κ1) is 13.5. The molecule has 0 aromatic rings. The lowest BCUT2D eigenvalue weighted by Crippen LogP contribution is -2.45. The fourth-order valence-corrected chi connectivity index (χ4v) is 2.50. The number of nitrogens with zero attached hydrogens (tertiary/aromatic N) is 1. The molecule has 0 bridgehead atoms. The molecule has 94 valence electrons. The van der Waals surface area contributed by atoms with Crippen LogP contribution in [0.1, 0.15) is 32.6 Å². The highest BCUT2D eigenvalue weighted by atomic mass is 16.4. The Hall–Kier alpha value is -0.610. The molecule has 1 aliphatic carbocycles. The lowest BCUT2D eigenvalue weighted by atomic mass is 10.1. The van der Waals surface area contributed by atoms with Crippen molar-refractivity contribution in [3.05, 3.63) is 0 Å². The number of hydrogen-bond acceptors (Lipinski definition) is 3. The Kier molecular flexibility index (Phi) is 5.77. The van der Waals surface area contributed by atoms with Crippen molar-refractivity contribution in [1.82, 2.24) is 10.2 Å². The first-order valence-corrected chi connectivity index (χ1v) is 6.28. The average molecular weight is 228 g/mol. The second-order valence-corrected chi connectivity index (χ2v) is 4.82. The summed E-state index contributed by atoms with van der Waals surface area (Å²) < 4.78 is 0. The van der Waals surface area contributed by atoms with E-state index in [-0.39, 0.29) is 0 Å². The van der Waals surface area contributed by atoms with Gasteiger partial charge in [-0.25, -0.2) is 0 Å². The molecule has 0 aromatic heterocycles. The van der Waals surface area contributed by atoms with E-state index in [1.165, 1.54) is 25.7 Å².